The number of nitrogens with zero attached hydrogens (tertiary/aromatic N) is 1. The summed E-state index contributed by atoms with van der Waals surface area (Å²) in [6.45, 7) is 0. The molecule has 1 aromatic heterocycles. The summed E-state index contributed by atoms with van der Waals surface area (Å²) < 4.78 is 0. The van der Waals surface area contributed by atoms with Gasteiger partial charge in [-0.2, -0.15) is 0 Å². The molecule has 1 N–H and O–H groups in total. The first-order chi connectivity index (χ1) is 9.20. The molecule has 1 heterocycles. The van der Waals surface area contributed by atoms with Crippen molar-refractivity contribution in [3.63, 3.8) is 0 Å². The standard InChI is InChI=1S/C15H19ClN2O/c16-14-5-4-13(9-17-14)18-15(19)12-7-10-2-1-3-11(6-10)8-12/h4-5,9-12H,1-3,6-8H2,(H,18,19). The molecule has 0 aromatic carbocycles. The highest BCUT2D eigenvalue weighted by molar-refractivity contribution is 6.29. The lowest BCUT2D eigenvalue weighted by Crippen LogP contribution is -2.34. The Morgan fingerprint density at radius 2 is 1.95 bits per heavy atom. The molecule has 2 unspecified atom stereocenters. The largest absolute Gasteiger partial charge is 0.324 e. The van der Waals surface area contributed by atoms with Crippen LogP contribution >= 0.6 is 11.6 Å². The Morgan fingerprint density at radius 3 is 2.58 bits per heavy atom. The van der Waals surface area contributed by atoms with Crippen LogP contribution in [0.4, 0.5) is 5.69 Å². The molecule has 2 atom stereocenters. The van der Waals surface area contributed by atoms with Crippen molar-refractivity contribution >= 4 is 23.2 Å². The Bertz CT molecular complexity index is 448. The fourth-order valence-corrected chi connectivity index (χ4v) is 3.75. The molecular weight excluding hydrogens is 260 g/mol. The number of nitrogens with one attached hydrogen (secondary N) is 1. The molecule has 3 rings (SSSR count). The first-order valence-corrected chi connectivity index (χ1v) is 7.51. The van der Waals surface area contributed by atoms with Crippen molar-refractivity contribution in [2.24, 2.45) is 17.8 Å². The van der Waals surface area contributed by atoms with Crippen LogP contribution in [0.2, 0.25) is 5.15 Å². The third-order valence-electron chi connectivity index (χ3n) is 4.49. The van der Waals surface area contributed by atoms with Crippen LogP contribution in [0, 0.1) is 17.8 Å². The Balaban J connectivity index is 1.62. The molecule has 4 heteroatoms. The average molecular weight is 279 g/mol. The van der Waals surface area contributed by atoms with E-state index < -0.39 is 0 Å². The molecule has 19 heavy (non-hydrogen) atoms. The van der Waals surface area contributed by atoms with Gasteiger partial charge >= 0.3 is 0 Å². The van der Waals surface area contributed by atoms with Crippen LogP contribution < -0.4 is 5.32 Å². The third-order valence-corrected chi connectivity index (χ3v) is 4.72. The van der Waals surface area contributed by atoms with Crippen LogP contribution in [0.1, 0.15) is 38.5 Å². The fourth-order valence-electron chi connectivity index (χ4n) is 3.64. The third kappa shape index (κ3) is 3.08. The van der Waals surface area contributed by atoms with Gasteiger partial charge in [-0.15, -0.1) is 0 Å². The Kier molecular flexibility index (Phi) is 3.74. The van der Waals surface area contributed by atoms with Gasteiger partial charge in [-0.05, 0) is 43.2 Å². The van der Waals surface area contributed by atoms with Crippen molar-refractivity contribution in [3.8, 4) is 0 Å². The van der Waals surface area contributed by atoms with Gasteiger partial charge in [0.15, 0.2) is 0 Å². The summed E-state index contributed by atoms with van der Waals surface area (Å²) >= 11 is 5.74. The van der Waals surface area contributed by atoms with Crippen LogP contribution in [-0.2, 0) is 4.79 Å². The van der Waals surface area contributed by atoms with Gasteiger partial charge in [-0.1, -0.05) is 30.9 Å². The maximum absolute atomic E-state index is 12.3. The van der Waals surface area contributed by atoms with E-state index in [-0.39, 0.29) is 11.8 Å². The maximum atomic E-state index is 12.3. The summed E-state index contributed by atoms with van der Waals surface area (Å²) in [7, 11) is 0. The number of hydrogen-bond donors (Lipinski definition) is 1. The second-order valence-electron chi connectivity index (χ2n) is 5.93. The fraction of sp³-hybridized carbons (Fsp3) is 0.600. The summed E-state index contributed by atoms with van der Waals surface area (Å²) in [6.07, 6.45) is 9.04. The number of carbonyl (C=O) groups excluding carboxylic acids is 1. The first-order valence-electron chi connectivity index (χ1n) is 7.13. The zero-order valence-electron chi connectivity index (χ0n) is 10.9. The molecule has 1 aromatic rings. The summed E-state index contributed by atoms with van der Waals surface area (Å²) in [6, 6.07) is 3.50. The molecule has 0 spiro atoms. The van der Waals surface area contributed by atoms with E-state index in [4.69, 9.17) is 11.6 Å². The maximum Gasteiger partial charge on any atom is 0.227 e. The molecule has 0 radical (unpaired) electrons. The van der Waals surface area contributed by atoms with E-state index in [0.717, 1.165) is 30.4 Å². The topological polar surface area (TPSA) is 42.0 Å². The molecule has 2 fully saturated rings. The van der Waals surface area contributed by atoms with E-state index in [0.29, 0.717) is 5.15 Å². The van der Waals surface area contributed by atoms with Crippen LogP contribution in [-0.4, -0.2) is 10.9 Å². The second kappa shape index (κ2) is 5.49. The van der Waals surface area contributed by atoms with E-state index >= 15 is 0 Å². The number of pyridine rings is 1. The monoisotopic (exact) mass is 278 g/mol. The molecule has 3 nitrogen and oxygen atoms in total. The van der Waals surface area contributed by atoms with E-state index in [1.807, 2.05) is 0 Å². The van der Waals surface area contributed by atoms with Crippen LogP contribution in [0.15, 0.2) is 18.3 Å². The van der Waals surface area contributed by atoms with Gasteiger partial charge in [0, 0.05) is 5.92 Å². The number of hydrogen-bond acceptors (Lipinski definition) is 2. The van der Waals surface area contributed by atoms with E-state index in [9.17, 15) is 4.79 Å². The number of aromatic nitrogens is 1. The minimum absolute atomic E-state index is 0.153. The Morgan fingerprint density at radius 1 is 1.21 bits per heavy atom. The van der Waals surface area contributed by atoms with Gasteiger partial charge in [0.1, 0.15) is 5.15 Å². The van der Waals surface area contributed by atoms with Crippen LogP contribution in [0.5, 0.6) is 0 Å². The van der Waals surface area contributed by atoms with Gasteiger partial charge in [-0.3, -0.25) is 4.79 Å². The summed E-state index contributed by atoms with van der Waals surface area (Å²) in [5.41, 5.74) is 0.741. The van der Waals surface area contributed by atoms with Gasteiger partial charge < -0.3 is 5.32 Å². The zero-order valence-corrected chi connectivity index (χ0v) is 11.7. The number of amides is 1. The molecule has 102 valence electrons. The molecular formula is C15H19ClN2O. The lowest BCUT2D eigenvalue weighted by Gasteiger charge is -2.38. The first kappa shape index (κ1) is 12.9. The van der Waals surface area contributed by atoms with Gasteiger partial charge in [-0.25, -0.2) is 4.98 Å². The SMILES string of the molecule is O=C(Nc1ccc(Cl)nc1)C1CC2CCCC(C2)C1. The highest BCUT2D eigenvalue weighted by atomic mass is 35.5. The highest BCUT2D eigenvalue weighted by Gasteiger charge is 2.34. The van der Waals surface area contributed by atoms with Gasteiger partial charge in [0.05, 0.1) is 11.9 Å². The molecule has 2 aliphatic rings. The smallest absolute Gasteiger partial charge is 0.227 e. The van der Waals surface area contributed by atoms with Crippen molar-refractivity contribution in [3.05, 3.63) is 23.5 Å². The predicted molar refractivity (Wildman–Crippen MR) is 76.0 cm³/mol. The van der Waals surface area contributed by atoms with E-state index in [2.05, 4.69) is 10.3 Å². The number of fused-ring (bicyclic) bond motifs is 2. The number of halogens is 1. The van der Waals surface area contributed by atoms with Crippen molar-refractivity contribution in [2.45, 2.75) is 38.5 Å². The molecule has 2 bridgehead atoms. The summed E-state index contributed by atoms with van der Waals surface area (Å²) in [5, 5.41) is 3.42. The quantitative estimate of drug-likeness (QED) is 0.834. The van der Waals surface area contributed by atoms with Gasteiger partial charge in [0.2, 0.25) is 5.91 Å². The van der Waals surface area contributed by atoms with Crippen LogP contribution in [0.3, 0.4) is 0 Å². The lowest BCUT2D eigenvalue weighted by atomic mass is 9.68. The number of anilines is 1. The van der Waals surface area contributed by atoms with Crippen molar-refractivity contribution in [1.82, 2.24) is 4.98 Å². The normalized spacial score (nSPS) is 29.8. The summed E-state index contributed by atoms with van der Waals surface area (Å²) in [4.78, 5) is 16.3. The number of carbonyl (C=O) groups is 1. The zero-order chi connectivity index (χ0) is 13.2. The molecule has 2 saturated carbocycles. The average Bonchev–Trinajstić information content (AvgIpc) is 2.41. The minimum atomic E-state index is 0.153. The summed E-state index contributed by atoms with van der Waals surface area (Å²) in [5.74, 6) is 1.87. The van der Waals surface area contributed by atoms with Crippen molar-refractivity contribution in [1.29, 1.82) is 0 Å². The van der Waals surface area contributed by atoms with Crippen LogP contribution in [0.25, 0.3) is 0 Å². The molecule has 1 amide bonds. The predicted octanol–water partition coefficient (Wildman–Crippen LogP) is 3.89. The van der Waals surface area contributed by atoms with Crippen molar-refractivity contribution < 1.29 is 4.79 Å². The number of rotatable bonds is 2. The second-order valence-corrected chi connectivity index (χ2v) is 6.31. The van der Waals surface area contributed by atoms with Gasteiger partial charge in [0.25, 0.3) is 0 Å². The molecule has 0 saturated heterocycles. The molecule has 0 aliphatic heterocycles. The van der Waals surface area contributed by atoms with E-state index in [1.165, 1.54) is 25.7 Å². The minimum Gasteiger partial charge on any atom is -0.324 e. The lowest BCUT2D eigenvalue weighted by molar-refractivity contribution is -0.122. The van der Waals surface area contributed by atoms with Crippen molar-refractivity contribution in [2.75, 3.05) is 5.32 Å². The van der Waals surface area contributed by atoms with E-state index in [1.54, 1.807) is 18.3 Å². The molecule has 2 aliphatic carbocycles. The highest BCUT2D eigenvalue weighted by Crippen LogP contribution is 2.42. The Hall–Kier alpha value is -1.09. The Labute approximate surface area is 118 Å².